The zero-order valence-electron chi connectivity index (χ0n) is 18.8. The molecule has 0 N–H and O–H groups in total. The van der Waals surface area contributed by atoms with E-state index in [4.69, 9.17) is 0 Å². The molecule has 2 heterocycles. The van der Waals surface area contributed by atoms with Gasteiger partial charge in [0.25, 0.3) is 0 Å². The molecule has 0 aromatic heterocycles. The lowest BCUT2D eigenvalue weighted by Gasteiger charge is -2.32. The molecule has 4 nitrogen and oxygen atoms in total. The average Bonchev–Trinajstić information content (AvgIpc) is 2.59. The van der Waals surface area contributed by atoms with Crippen molar-refractivity contribution in [1.82, 2.24) is 14.7 Å². The predicted octanol–water partition coefficient (Wildman–Crippen LogP) is 4.95. The Morgan fingerprint density at radius 2 is 1.12 bits per heavy atom. The highest BCUT2D eigenvalue weighted by molar-refractivity contribution is 5.79. The van der Waals surface area contributed by atoms with Crippen molar-refractivity contribution in [2.45, 2.75) is 79.1 Å². The molecule has 2 aliphatic rings. The van der Waals surface area contributed by atoms with Gasteiger partial charge in [-0.2, -0.15) is 0 Å². The first-order valence-corrected chi connectivity index (χ1v) is 10.6. The first kappa shape index (κ1) is 26.5. The molecule has 0 spiro atoms. The topological polar surface area (TPSA) is 22.1 Å². The Labute approximate surface area is 159 Å². The third-order valence-electron chi connectivity index (χ3n) is 3.82. The van der Waals surface area contributed by atoms with Crippen LogP contribution >= 0.6 is 0 Å². The van der Waals surface area contributed by atoms with Crippen LogP contribution in [0.25, 0.3) is 0 Å². The monoisotopic (exact) mass is 356 g/mol. The molecule has 0 saturated carbocycles. The van der Waals surface area contributed by atoms with E-state index in [0.29, 0.717) is 0 Å². The molecule has 0 bridgehead atoms. The van der Waals surface area contributed by atoms with E-state index >= 15 is 0 Å². The highest BCUT2D eigenvalue weighted by Gasteiger charge is 2.14. The summed E-state index contributed by atoms with van der Waals surface area (Å²) < 4.78 is 0. The Balaban J connectivity index is 0. The summed E-state index contributed by atoms with van der Waals surface area (Å²) in [4.78, 5) is 11.1. The number of aliphatic imine (C=N–C) groups is 1. The molecular formula is C21H48N4. The van der Waals surface area contributed by atoms with Crippen molar-refractivity contribution < 1.29 is 0 Å². The Morgan fingerprint density at radius 1 is 0.760 bits per heavy atom. The maximum Gasteiger partial charge on any atom is 0.195 e. The quantitative estimate of drug-likeness (QED) is 0.453. The van der Waals surface area contributed by atoms with E-state index in [1.807, 2.05) is 7.05 Å². The van der Waals surface area contributed by atoms with Crippen LogP contribution in [-0.4, -0.2) is 75.0 Å². The smallest absolute Gasteiger partial charge is 0.195 e. The van der Waals surface area contributed by atoms with Crippen molar-refractivity contribution in [3.05, 3.63) is 0 Å². The summed E-state index contributed by atoms with van der Waals surface area (Å²) in [5.41, 5.74) is 0. The molecule has 0 radical (unpaired) electrons. The molecule has 2 rings (SSSR count). The molecule has 2 fully saturated rings. The van der Waals surface area contributed by atoms with Crippen LogP contribution in [0.4, 0.5) is 0 Å². The highest BCUT2D eigenvalue weighted by atomic mass is 15.4. The first-order chi connectivity index (χ1) is 12.0. The van der Waals surface area contributed by atoms with Gasteiger partial charge >= 0.3 is 0 Å². The normalized spacial score (nSPS) is 17.9. The first-order valence-electron chi connectivity index (χ1n) is 10.6. The lowest BCUT2D eigenvalue weighted by atomic mass is 10.1. The Kier molecular flexibility index (Phi) is 20.7. The second-order valence-corrected chi connectivity index (χ2v) is 7.24. The summed E-state index contributed by atoms with van der Waals surface area (Å²) >= 11 is 0. The number of piperidine rings is 2. The molecule has 2 saturated heterocycles. The van der Waals surface area contributed by atoms with Crippen molar-refractivity contribution in [2.24, 2.45) is 4.99 Å². The van der Waals surface area contributed by atoms with Crippen LogP contribution in [0, 0.1) is 0 Å². The summed E-state index contributed by atoms with van der Waals surface area (Å²) in [7, 11) is 8.16. The van der Waals surface area contributed by atoms with E-state index in [0.717, 1.165) is 5.96 Å². The third kappa shape index (κ3) is 16.4. The number of likely N-dealkylation sites (tertiary alicyclic amines) is 2. The van der Waals surface area contributed by atoms with Crippen molar-refractivity contribution in [1.29, 1.82) is 0 Å². The van der Waals surface area contributed by atoms with Crippen LogP contribution < -0.4 is 0 Å². The van der Waals surface area contributed by atoms with Crippen molar-refractivity contribution in [3.8, 4) is 0 Å². The fraction of sp³-hybridized carbons (Fsp3) is 0.952. The minimum atomic E-state index is 1.12. The van der Waals surface area contributed by atoms with Gasteiger partial charge in [-0.05, 0) is 52.2 Å². The van der Waals surface area contributed by atoms with Gasteiger partial charge in [0.1, 0.15) is 0 Å². The van der Waals surface area contributed by atoms with Gasteiger partial charge in [0.05, 0.1) is 0 Å². The van der Waals surface area contributed by atoms with Crippen molar-refractivity contribution in [2.75, 3.05) is 54.4 Å². The van der Waals surface area contributed by atoms with Gasteiger partial charge in [0, 0.05) is 34.2 Å². The lowest BCUT2D eigenvalue weighted by Crippen LogP contribution is -2.43. The minimum absolute atomic E-state index is 1.12. The molecule has 25 heavy (non-hydrogen) atoms. The standard InChI is InChI=1S/C9H19N3.C6H13N.2C3H8/c1-10-9(11(2)3)12-7-5-4-6-8-12;1-7-5-3-2-4-6-7;2*1-3-2/h4-8H2,1-3H3;2-6H2,1H3;2*3H2,1-2H3. The molecule has 0 unspecified atom stereocenters. The zero-order valence-corrected chi connectivity index (χ0v) is 18.8. The molecule has 152 valence electrons. The number of guanidine groups is 1. The van der Waals surface area contributed by atoms with Crippen LogP contribution in [0.2, 0.25) is 0 Å². The largest absolute Gasteiger partial charge is 0.349 e. The van der Waals surface area contributed by atoms with E-state index in [-0.39, 0.29) is 0 Å². The molecule has 0 aliphatic carbocycles. The van der Waals surface area contributed by atoms with Gasteiger partial charge in [0.2, 0.25) is 0 Å². The molecular weight excluding hydrogens is 308 g/mol. The maximum atomic E-state index is 4.28. The Bertz CT molecular complexity index is 276. The lowest BCUT2D eigenvalue weighted by molar-refractivity contribution is 0.277. The SMILES string of the molecule is CCC.CCC.CN1CCCCC1.CN=C(N(C)C)N1CCCCC1. The molecule has 0 atom stereocenters. The van der Waals surface area contributed by atoms with Crippen LogP contribution in [0.5, 0.6) is 0 Å². The van der Waals surface area contributed by atoms with E-state index in [1.54, 1.807) is 0 Å². The van der Waals surface area contributed by atoms with Gasteiger partial charge in [-0.3, -0.25) is 4.99 Å². The number of hydrogen-bond acceptors (Lipinski definition) is 2. The molecule has 4 heteroatoms. The summed E-state index contributed by atoms with van der Waals surface area (Å²) in [6, 6.07) is 0. The third-order valence-corrected chi connectivity index (χ3v) is 3.82. The zero-order chi connectivity index (χ0) is 19.5. The Morgan fingerprint density at radius 3 is 1.36 bits per heavy atom. The maximum absolute atomic E-state index is 4.28. The van der Waals surface area contributed by atoms with Crippen LogP contribution in [0.1, 0.15) is 79.1 Å². The predicted molar refractivity (Wildman–Crippen MR) is 116 cm³/mol. The molecule has 0 aromatic rings. The highest BCUT2D eigenvalue weighted by Crippen LogP contribution is 2.09. The fourth-order valence-electron chi connectivity index (χ4n) is 2.77. The summed E-state index contributed by atoms with van der Waals surface area (Å²) in [5.74, 6) is 1.12. The summed E-state index contributed by atoms with van der Waals surface area (Å²) in [6.07, 6.45) is 10.8. The average molecular weight is 357 g/mol. The van der Waals surface area contributed by atoms with Crippen molar-refractivity contribution in [3.63, 3.8) is 0 Å². The van der Waals surface area contributed by atoms with Gasteiger partial charge in [-0.1, -0.05) is 47.0 Å². The van der Waals surface area contributed by atoms with E-state index in [9.17, 15) is 0 Å². The second-order valence-electron chi connectivity index (χ2n) is 7.24. The van der Waals surface area contributed by atoms with Crippen molar-refractivity contribution >= 4 is 5.96 Å². The van der Waals surface area contributed by atoms with Gasteiger partial charge in [-0.25, -0.2) is 0 Å². The van der Waals surface area contributed by atoms with Gasteiger partial charge in [0.15, 0.2) is 5.96 Å². The van der Waals surface area contributed by atoms with E-state index < -0.39 is 0 Å². The van der Waals surface area contributed by atoms with E-state index in [1.165, 1.54) is 77.5 Å². The molecule has 0 amide bonds. The number of nitrogens with zero attached hydrogens (tertiary/aromatic N) is 4. The summed E-state index contributed by atoms with van der Waals surface area (Å²) in [5, 5.41) is 0. The summed E-state index contributed by atoms with van der Waals surface area (Å²) in [6.45, 7) is 13.5. The Hall–Kier alpha value is -0.770. The van der Waals surface area contributed by atoms with Gasteiger partial charge in [-0.15, -0.1) is 0 Å². The van der Waals surface area contributed by atoms with E-state index in [2.05, 4.69) is 68.5 Å². The fourth-order valence-corrected chi connectivity index (χ4v) is 2.77. The van der Waals surface area contributed by atoms with Crippen LogP contribution in [0.3, 0.4) is 0 Å². The van der Waals surface area contributed by atoms with Crippen LogP contribution in [0.15, 0.2) is 4.99 Å². The second kappa shape index (κ2) is 19.6. The number of rotatable bonds is 0. The van der Waals surface area contributed by atoms with Crippen LogP contribution in [-0.2, 0) is 0 Å². The molecule has 0 aromatic carbocycles. The molecule has 2 aliphatic heterocycles. The van der Waals surface area contributed by atoms with Gasteiger partial charge < -0.3 is 14.7 Å². The number of hydrogen-bond donors (Lipinski definition) is 0. The minimum Gasteiger partial charge on any atom is -0.349 e.